The smallest absolute Gasteiger partial charge is 0.230 e. The van der Waals surface area contributed by atoms with Crippen molar-refractivity contribution < 1.29 is 9.53 Å². The quantitative estimate of drug-likeness (QED) is 0.877. The summed E-state index contributed by atoms with van der Waals surface area (Å²) >= 11 is 0. The number of carbonyl (C=O) groups is 1. The second-order valence-corrected chi connectivity index (χ2v) is 7.07. The zero-order valence-electron chi connectivity index (χ0n) is 14.0. The summed E-state index contributed by atoms with van der Waals surface area (Å²) in [5.41, 5.74) is 1.07. The van der Waals surface area contributed by atoms with E-state index in [9.17, 15) is 4.79 Å². The van der Waals surface area contributed by atoms with E-state index in [1.807, 2.05) is 0 Å². The van der Waals surface area contributed by atoms with Crippen LogP contribution in [0.2, 0.25) is 0 Å². The fourth-order valence-corrected chi connectivity index (χ4v) is 4.04. The van der Waals surface area contributed by atoms with Crippen LogP contribution in [0.4, 0.5) is 0 Å². The zero-order valence-corrected chi connectivity index (χ0v) is 14.0. The minimum atomic E-state index is -0.370. The molecule has 1 saturated heterocycles. The molecule has 4 nitrogen and oxygen atoms in total. The summed E-state index contributed by atoms with van der Waals surface area (Å²) in [6.07, 6.45) is 5.32. The third kappa shape index (κ3) is 3.75. The van der Waals surface area contributed by atoms with Crippen LogP contribution in [0.5, 0.6) is 0 Å². The molecule has 0 radical (unpaired) electrons. The van der Waals surface area contributed by atoms with Crippen LogP contribution in [0.3, 0.4) is 0 Å². The highest BCUT2D eigenvalue weighted by atomic mass is 16.5. The molecule has 23 heavy (non-hydrogen) atoms. The van der Waals surface area contributed by atoms with Gasteiger partial charge in [0, 0.05) is 19.7 Å². The number of rotatable bonds is 5. The molecule has 1 atom stereocenters. The molecule has 1 aliphatic heterocycles. The lowest BCUT2D eigenvalue weighted by Gasteiger charge is -2.33. The van der Waals surface area contributed by atoms with Gasteiger partial charge in [0.25, 0.3) is 0 Å². The summed E-state index contributed by atoms with van der Waals surface area (Å²) in [5, 5.41) is 6.60. The van der Waals surface area contributed by atoms with Crippen LogP contribution in [0.25, 0.3) is 0 Å². The molecule has 126 valence electrons. The average molecular weight is 316 g/mol. The van der Waals surface area contributed by atoms with Crippen molar-refractivity contribution in [3.63, 3.8) is 0 Å². The van der Waals surface area contributed by atoms with E-state index in [0.717, 1.165) is 45.2 Å². The summed E-state index contributed by atoms with van der Waals surface area (Å²) in [7, 11) is 1.68. The molecule has 1 saturated carbocycles. The van der Waals surface area contributed by atoms with Crippen molar-refractivity contribution in [2.75, 3.05) is 26.8 Å². The molecule has 1 heterocycles. The molecule has 1 aromatic rings. The number of carbonyl (C=O) groups excluding carboxylic acids is 1. The van der Waals surface area contributed by atoms with Crippen molar-refractivity contribution in [2.45, 2.75) is 44.1 Å². The topological polar surface area (TPSA) is 50.4 Å². The van der Waals surface area contributed by atoms with Crippen LogP contribution in [0.15, 0.2) is 30.3 Å². The summed E-state index contributed by atoms with van der Waals surface area (Å²) in [6, 6.07) is 11.1. The lowest BCUT2D eigenvalue weighted by atomic mass is 9.80. The Morgan fingerprint density at radius 1 is 1.26 bits per heavy atom. The van der Waals surface area contributed by atoms with E-state index >= 15 is 0 Å². The van der Waals surface area contributed by atoms with Gasteiger partial charge in [-0.2, -0.15) is 0 Å². The van der Waals surface area contributed by atoms with Gasteiger partial charge in [-0.3, -0.25) is 4.79 Å². The minimum Gasteiger partial charge on any atom is -0.384 e. The number of hydrogen-bond acceptors (Lipinski definition) is 3. The van der Waals surface area contributed by atoms with Crippen molar-refractivity contribution in [2.24, 2.45) is 5.41 Å². The first-order valence-corrected chi connectivity index (χ1v) is 8.79. The summed E-state index contributed by atoms with van der Waals surface area (Å²) in [6.45, 7) is 2.13. The highest BCUT2D eigenvalue weighted by Gasteiger charge is 2.42. The fraction of sp³-hybridized carbons (Fsp3) is 0.632. The average Bonchev–Trinajstić information content (AvgIpc) is 3.07. The standard InChI is InChI=1S/C19H28N2O2/c1-23-14-19(11-12-20-13-19)18(22)21-17-9-7-16(8-10-17)15-5-3-2-4-6-15/h2-6,16-17,20H,7-14H2,1H3,(H,21,22). The summed E-state index contributed by atoms with van der Waals surface area (Å²) in [4.78, 5) is 12.7. The van der Waals surface area contributed by atoms with Crippen LogP contribution < -0.4 is 10.6 Å². The lowest BCUT2D eigenvalue weighted by Crippen LogP contribution is -2.49. The molecule has 2 fully saturated rings. The van der Waals surface area contributed by atoms with Crippen LogP contribution in [-0.4, -0.2) is 38.8 Å². The predicted octanol–water partition coefficient (Wildman–Crippen LogP) is 2.46. The number of hydrogen-bond donors (Lipinski definition) is 2. The van der Waals surface area contributed by atoms with E-state index in [2.05, 4.69) is 41.0 Å². The molecule has 2 aliphatic rings. The summed E-state index contributed by atoms with van der Waals surface area (Å²) in [5.74, 6) is 0.818. The van der Waals surface area contributed by atoms with Crippen LogP contribution in [-0.2, 0) is 9.53 Å². The Labute approximate surface area is 139 Å². The summed E-state index contributed by atoms with van der Waals surface area (Å²) < 4.78 is 5.31. The van der Waals surface area contributed by atoms with Gasteiger partial charge >= 0.3 is 0 Å². The first kappa shape index (κ1) is 16.5. The van der Waals surface area contributed by atoms with E-state index in [1.54, 1.807) is 7.11 Å². The van der Waals surface area contributed by atoms with Gasteiger partial charge in [0.2, 0.25) is 5.91 Å². The van der Waals surface area contributed by atoms with Gasteiger partial charge in [-0.25, -0.2) is 0 Å². The molecule has 2 N–H and O–H groups in total. The number of nitrogens with one attached hydrogen (secondary N) is 2. The number of methoxy groups -OCH3 is 1. The van der Waals surface area contributed by atoms with E-state index in [0.29, 0.717) is 18.6 Å². The van der Waals surface area contributed by atoms with E-state index in [4.69, 9.17) is 4.74 Å². The SMILES string of the molecule is COCC1(C(=O)NC2CCC(c3ccccc3)CC2)CCNC1. The Balaban J connectivity index is 1.53. The van der Waals surface area contributed by atoms with Gasteiger partial charge in [0.1, 0.15) is 0 Å². The van der Waals surface area contributed by atoms with Crippen molar-refractivity contribution in [1.29, 1.82) is 0 Å². The van der Waals surface area contributed by atoms with Crippen molar-refractivity contribution in [3.8, 4) is 0 Å². The van der Waals surface area contributed by atoms with Crippen molar-refractivity contribution >= 4 is 5.91 Å². The van der Waals surface area contributed by atoms with Gasteiger partial charge in [-0.1, -0.05) is 30.3 Å². The Morgan fingerprint density at radius 2 is 2.00 bits per heavy atom. The molecule has 0 bridgehead atoms. The third-order valence-electron chi connectivity index (χ3n) is 5.48. The van der Waals surface area contributed by atoms with Crippen molar-refractivity contribution in [1.82, 2.24) is 10.6 Å². The maximum Gasteiger partial charge on any atom is 0.230 e. The molecular formula is C19H28N2O2. The van der Waals surface area contributed by atoms with Gasteiger partial charge in [-0.15, -0.1) is 0 Å². The number of benzene rings is 1. The predicted molar refractivity (Wildman–Crippen MR) is 91.4 cm³/mol. The first-order chi connectivity index (χ1) is 11.2. The van der Waals surface area contributed by atoms with E-state index in [-0.39, 0.29) is 11.3 Å². The normalized spacial score (nSPS) is 31.0. The molecule has 4 heteroatoms. The van der Waals surface area contributed by atoms with Gasteiger partial charge in [0.15, 0.2) is 0 Å². The Kier molecular flexibility index (Phi) is 5.34. The monoisotopic (exact) mass is 316 g/mol. The van der Waals surface area contributed by atoms with Crippen LogP contribution in [0, 0.1) is 5.41 Å². The minimum absolute atomic E-state index is 0.174. The first-order valence-electron chi connectivity index (χ1n) is 8.79. The largest absolute Gasteiger partial charge is 0.384 e. The second kappa shape index (κ2) is 7.45. The maximum atomic E-state index is 12.7. The molecule has 3 rings (SSSR count). The maximum absolute atomic E-state index is 12.7. The highest BCUT2D eigenvalue weighted by Crippen LogP contribution is 2.33. The molecular weight excluding hydrogens is 288 g/mol. The lowest BCUT2D eigenvalue weighted by molar-refractivity contribution is -0.134. The molecule has 1 aromatic carbocycles. The molecule has 0 aromatic heterocycles. The molecule has 1 unspecified atom stereocenters. The molecule has 1 aliphatic carbocycles. The van der Waals surface area contributed by atoms with Crippen LogP contribution in [0.1, 0.15) is 43.6 Å². The van der Waals surface area contributed by atoms with Crippen LogP contribution >= 0.6 is 0 Å². The molecule has 0 spiro atoms. The second-order valence-electron chi connectivity index (χ2n) is 7.07. The van der Waals surface area contributed by atoms with Gasteiger partial charge < -0.3 is 15.4 Å². The van der Waals surface area contributed by atoms with Gasteiger partial charge in [0.05, 0.1) is 12.0 Å². The Bertz CT molecular complexity index is 503. The Hall–Kier alpha value is -1.39. The third-order valence-corrected chi connectivity index (χ3v) is 5.48. The van der Waals surface area contributed by atoms with Gasteiger partial charge in [-0.05, 0) is 50.1 Å². The Morgan fingerprint density at radius 3 is 2.61 bits per heavy atom. The molecule has 1 amide bonds. The van der Waals surface area contributed by atoms with Crippen molar-refractivity contribution in [3.05, 3.63) is 35.9 Å². The fourth-order valence-electron chi connectivity index (χ4n) is 4.04. The number of ether oxygens (including phenoxy) is 1. The zero-order chi connectivity index (χ0) is 16.1. The number of amides is 1. The van der Waals surface area contributed by atoms with E-state index in [1.165, 1.54) is 5.56 Å². The highest BCUT2D eigenvalue weighted by molar-refractivity contribution is 5.83. The van der Waals surface area contributed by atoms with E-state index < -0.39 is 0 Å².